The maximum atomic E-state index is 12.3. The minimum Gasteiger partial charge on any atom is -0.493 e. The van der Waals surface area contributed by atoms with Gasteiger partial charge in [-0.1, -0.05) is 40.2 Å². The van der Waals surface area contributed by atoms with Crippen LogP contribution in [0.5, 0.6) is 11.5 Å². The van der Waals surface area contributed by atoms with E-state index in [-0.39, 0.29) is 22.5 Å². The van der Waals surface area contributed by atoms with Crippen LogP contribution in [0.3, 0.4) is 0 Å². The Balaban J connectivity index is 2.04. The average Bonchev–Trinajstić information content (AvgIpc) is 3.08. The van der Waals surface area contributed by atoms with E-state index in [0.717, 1.165) is 35.6 Å². The van der Waals surface area contributed by atoms with Gasteiger partial charge in [0.15, 0.2) is 11.5 Å². The van der Waals surface area contributed by atoms with Crippen molar-refractivity contribution in [1.29, 1.82) is 0 Å². The summed E-state index contributed by atoms with van der Waals surface area (Å²) in [6.07, 6.45) is 4.25. The van der Waals surface area contributed by atoms with Crippen LogP contribution in [0, 0.1) is 5.41 Å². The molecule has 0 spiro atoms. The standard InChI is InChI=1S/C26H37N3O4S/c1-8-9-16-34(30,31)33-20-14-13-19(17-21(20)32-7)23-24(28-26(5,6)18-25(2,3)4)29-15-11-10-12-22(29)27-23/h10-15,17,28H,8-9,16,18H2,1-7H3. The van der Waals surface area contributed by atoms with E-state index in [9.17, 15) is 8.42 Å². The molecule has 8 heteroatoms. The second kappa shape index (κ2) is 9.86. The maximum Gasteiger partial charge on any atom is 0.309 e. The van der Waals surface area contributed by atoms with Gasteiger partial charge in [-0.05, 0) is 62.4 Å². The molecule has 0 aliphatic carbocycles. The van der Waals surface area contributed by atoms with Gasteiger partial charge in [-0.25, -0.2) is 4.98 Å². The molecule has 0 unspecified atom stereocenters. The minimum absolute atomic E-state index is 0.0300. The molecule has 7 nitrogen and oxygen atoms in total. The van der Waals surface area contributed by atoms with E-state index in [4.69, 9.17) is 13.9 Å². The predicted molar refractivity (Wildman–Crippen MR) is 138 cm³/mol. The Labute approximate surface area is 203 Å². The summed E-state index contributed by atoms with van der Waals surface area (Å²) in [5.74, 6) is 1.36. The van der Waals surface area contributed by atoms with Crippen LogP contribution in [-0.4, -0.2) is 36.2 Å². The zero-order chi connectivity index (χ0) is 25.1. The Morgan fingerprint density at radius 3 is 2.44 bits per heavy atom. The van der Waals surface area contributed by atoms with Gasteiger partial charge in [0.2, 0.25) is 0 Å². The summed E-state index contributed by atoms with van der Waals surface area (Å²) in [6, 6.07) is 11.1. The van der Waals surface area contributed by atoms with Crippen LogP contribution < -0.4 is 14.2 Å². The molecule has 34 heavy (non-hydrogen) atoms. The number of pyridine rings is 1. The van der Waals surface area contributed by atoms with E-state index in [1.165, 1.54) is 7.11 Å². The molecule has 0 atom stereocenters. The lowest BCUT2D eigenvalue weighted by Crippen LogP contribution is -2.36. The summed E-state index contributed by atoms with van der Waals surface area (Å²) in [7, 11) is -2.19. The summed E-state index contributed by atoms with van der Waals surface area (Å²) in [5.41, 5.74) is 2.31. The van der Waals surface area contributed by atoms with Gasteiger partial charge >= 0.3 is 10.1 Å². The molecule has 3 rings (SSSR count). The maximum absolute atomic E-state index is 12.3. The lowest BCUT2D eigenvalue weighted by Gasteiger charge is -2.34. The van der Waals surface area contributed by atoms with Crippen molar-refractivity contribution in [2.45, 2.75) is 66.3 Å². The summed E-state index contributed by atoms with van der Waals surface area (Å²) in [6.45, 7) is 13.0. The van der Waals surface area contributed by atoms with Gasteiger partial charge in [-0.15, -0.1) is 0 Å². The van der Waals surface area contributed by atoms with Crippen LogP contribution in [0.25, 0.3) is 16.9 Å². The summed E-state index contributed by atoms with van der Waals surface area (Å²) in [5, 5.41) is 3.71. The second-order valence-corrected chi connectivity index (χ2v) is 12.2. The third kappa shape index (κ3) is 6.44. The number of ether oxygens (including phenoxy) is 1. The first kappa shape index (κ1) is 25.9. The van der Waals surface area contributed by atoms with E-state index in [0.29, 0.717) is 12.2 Å². The van der Waals surface area contributed by atoms with E-state index in [1.807, 2.05) is 41.8 Å². The lowest BCUT2D eigenvalue weighted by molar-refractivity contribution is 0.302. The van der Waals surface area contributed by atoms with Gasteiger partial charge in [0.25, 0.3) is 0 Å². The average molecular weight is 488 g/mol. The molecule has 3 aromatic rings. The number of hydrogen-bond donors (Lipinski definition) is 1. The third-order valence-corrected chi connectivity index (χ3v) is 6.58. The third-order valence-electron chi connectivity index (χ3n) is 5.36. The normalized spacial score (nSPS) is 12.7. The highest BCUT2D eigenvalue weighted by molar-refractivity contribution is 7.87. The van der Waals surface area contributed by atoms with Gasteiger partial charge in [-0.3, -0.25) is 4.40 Å². The van der Waals surface area contributed by atoms with Crippen molar-refractivity contribution in [3.8, 4) is 22.8 Å². The fraction of sp³-hybridized carbons (Fsp3) is 0.500. The highest BCUT2D eigenvalue weighted by Gasteiger charge is 2.28. The highest BCUT2D eigenvalue weighted by Crippen LogP contribution is 2.38. The Morgan fingerprint density at radius 2 is 1.79 bits per heavy atom. The molecular formula is C26H37N3O4S. The van der Waals surface area contributed by atoms with Crippen LogP contribution in [0.4, 0.5) is 5.82 Å². The molecule has 186 valence electrons. The first-order valence-corrected chi connectivity index (χ1v) is 13.3. The van der Waals surface area contributed by atoms with Gasteiger partial charge in [-0.2, -0.15) is 8.42 Å². The monoisotopic (exact) mass is 487 g/mol. The van der Waals surface area contributed by atoms with Crippen molar-refractivity contribution in [3.63, 3.8) is 0 Å². The molecule has 0 amide bonds. The molecule has 2 heterocycles. The van der Waals surface area contributed by atoms with Crippen LogP contribution >= 0.6 is 0 Å². The number of aromatic nitrogens is 2. The van der Waals surface area contributed by atoms with Crippen molar-refractivity contribution in [2.75, 3.05) is 18.2 Å². The molecule has 0 aliphatic heterocycles. The Kier molecular flexibility index (Phi) is 7.50. The van der Waals surface area contributed by atoms with Gasteiger partial charge in [0.05, 0.1) is 12.9 Å². The van der Waals surface area contributed by atoms with Crippen molar-refractivity contribution >= 4 is 21.6 Å². The van der Waals surface area contributed by atoms with Gasteiger partial charge in [0, 0.05) is 17.3 Å². The predicted octanol–water partition coefficient (Wildman–Crippen LogP) is 6.15. The first-order valence-electron chi connectivity index (χ1n) is 11.7. The molecule has 0 bridgehead atoms. The highest BCUT2D eigenvalue weighted by atomic mass is 32.2. The van der Waals surface area contributed by atoms with Crippen LogP contribution in [0.2, 0.25) is 0 Å². The largest absolute Gasteiger partial charge is 0.493 e. The van der Waals surface area contributed by atoms with E-state index < -0.39 is 10.1 Å². The van der Waals surface area contributed by atoms with E-state index in [2.05, 4.69) is 39.9 Å². The van der Waals surface area contributed by atoms with Crippen molar-refractivity contribution in [1.82, 2.24) is 9.38 Å². The number of fused-ring (bicyclic) bond motifs is 1. The first-order chi connectivity index (χ1) is 15.8. The number of imidazole rings is 1. The number of hydrogen-bond acceptors (Lipinski definition) is 6. The van der Waals surface area contributed by atoms with Crippen molar-refractivity contribution in [2.24, 2.45) is 5.41 Å². The quantitative estimate of drug-likeness (QED) is 0.346. The van der Waals surface area contributed by atoms with E-state index >= 15 is 0 Å². The fourth-order valence-electron chi connectivity index (χ4n) is 4.39. The van der Waals surface area contributed by atoms with Crippen LogP contribution in [0.15, 0.2) is 42.6 Å². The summed E-state index contributed by atoms with van der Waals surface area (Å²) >= 11 is 0. The van der Waals surface area contributed by atoms with Crippen molar-refractivity contribution in [3.05, 3.63) is 42.6 Å². The van der Waals surface area contributed by atoms with Gasteiger partial charge < -0.3 is 14.2 Å². The number of nitrogens with one attached hydrogen (secondary N) is 1. The molecule has 1 aromatic carbocycles. The van der Waals surface area contributed by atoms with Crippen molar-refractivity contribution < 1.29 is 17.3 Å². The van der Waals surface area contributed by atoms with E-state index in [1.54, 1.807) is 12.1 Å². The SMILES string of the molecule is CCCCS(=O)(=O)Oc1ccc(-c2nc3ccccn3c2NC(C)(C)CC(C)(C)C)cc1OC. The smallest absolute Gasteiger partial charge is 0.309 e. The van der Waals surface area contributed by atoms with Gasteiger partial charge in [0.1, 0.15) is 17.2 Å². The zero-order valence-corrected chi connectivity index (χ0v) is 22.1. The second-order valence-electron chi connectivity index (χ2n) is 10.5. The molecule has 0 radical (unpaired) electrons. The summed E-state index contributed by atoms with van der Waals surface area (Å²) < 4.78 is 37.5. The zero-order valence-electron chi connectivity index (χ0n) is 21.3. The molecule has 0 saturated heterocycles. The molecule has 0 saturated carbocycles. The molecular weight excluding hydrogens is 450 g/mol. The molecule has 1 N–H and O–H groups in total. The number of unbranched alkanes of at least 4 members (excludes halogenated alkanes) is 1. The molecule has 2 aromatic heterocycles. The summed E-state index contributed by atoms with van der Waals surface area (Å²) in [4.78, 5) is 4.87. The number of methoxy groups -OCH3 is 1. The molecule has 0 aliphatic rings. The Hall–Kier alpha value is -2.74. The number of nitrogens with zero attached hydrogens (tertiary/aromatic N) is 2. The number of anilines is 1. The number of benzene rings is 1. The molecule has 0 fully saturated rings. The fourth-order valence-corrected chi connectivity index (χ4v) is 5.53. The Bertz CT molecular complexity index is 1240. The van der Waals surface area contributed by atoms with Crippen LogP contribution in [0.1, 0.15) is 60.8 Å². The minimum atomic E-state index is -3.69. The Morgan fingerprint density at radius 1 is 1.06 bits per heavy atom. The topological polar surface area (TPSA) is 81.9 Å². The lowest BCUT2D eigenvalue weighted by atomic mass is 9.82. The number of rotatable bonds is 10. The van der Waals surface area contributed by atoms with Crippen LogP contribution in [-0.2, 0) is 10.1 Å².